The smallest absolute Gasteiger partial charge is 0.309 e. The van der Waals surface area contributed by atoms with E-state index in [1.807, 2.05) is 6.92 Å². The molecule has 3 nitrogen and oxygen atoms in total. The molecular weight excluding hydrogens is 144 g/mol. The van der Waals surface area contributed by atoms with E-state index < -0.39 is 11.4 Å². The second kappa shape index (κ2) is 2.81. The average molecular weight is 158 g/mol. The third-order valence-corrected chi connectivity index (χ3v) is 2.52. The predicted molar refractivity (Wildman–Crippen MR) is 40.2 cm³/mol. The van der Waals surface area contributed by atoms with Crippen molar-refractivity contribution in [2.24, 2.45) is 11.3 Å². The van der Waals surface area contributed by atoms with E-state index in [1.54, 1.807) is 0 Å². The molecule has 0 aromatic heterocycles. The second-order valence-corrected chi connectivity index (χ2v) is 3.57. The summed E-state index contributed by atoms with van der Waals surface area (Å²) in [5, 5.41) is 17.5. The lowest BCUT2D eigenvalue weighted by atomic mass is 9.61. The maximum absolute atomic E-state index is 10.7. The van der Waals surface area contributed by atoms with E-state index in [9.17, 15) is 4.79 Å². The van der Waals surface area contributed by atoms with Crippen LogP contribution >= 0.6 is 0 Å². The molecule has 1 fully saturated rings. The fourth-order valence-electron chi connectivity index (χ4n) is 1.97. The number of rotatable bonds is 3. The molecule has 0 atom stereocenters. The van der Waals surface area contributed by atoms with Gasteiger partial charge < -0.3 is 10.2 Å². The summed E-state index contributed by atoms with van der Waals surface area (Å²) in [6.45, 7) is 2.03. The molecule has 0 heterocycles. The fraction of sp³-hybridized carbons (Fsp3) is 0.875. The van der Waals surface area contributed by atoms with E-state index >= 15 is 0 Å². The van der Waals surface area contributed by atoms with Crippen LogP contribution in [0, 0.1) is 11.3 Å². The van der Waals surface area contributed by atoms with E-state index in [2.05, 4.69) is 0 Å². The highest BCUT2D eigenvalue weighted by Gasteiger charge is 2.47. The Balaban J connectivity index is 2.53. The van der Waals surface area contributed by atoms with Crippen LogP contribution in [0.15, 0.2) is 0 Å². The van der Waals surface area contributed by atoms with Crippen molar-refractivity contribution in [3.8, 4) is 0 Å². The van der Waals surface area contributed by atoms with Crippen LogP contribution in [-0.2, 0) is 4.79 Å². The zero-order valence-corrected chi connectivity index (χ0v) is 6.71. The van der Waals surface area contributed by atoms with Gasteiger partial charge in [0.05, 0.1) is 5.41 Å². The lowest BCUT2D eigenvalue weighted by Gasteiger charge is -2.42. The summed E-state index contributed by atoms with van der Waals surface area (Å²) in [4.78, 5) is 10.7. The highest BCUT2D eigenvalue weighted by atomic mass is 16.4. The standard InChI is InChI=1S/C8H14O3/c1-6-4-8(5-6,2-3-9)7(10)11/h6,9H,2-5H2,1H3,(H,10,11). The van der Waals surface area contributed by atoms with Gasteiger partial charge in [0.1, 0.15) is 0 Å². The van der Waals surface area contributed by atoms with Crippen LogP contribution in [0.2, 0.25) is 0 Å². The second-order valence-electron chi connectivity index (χ2n) is 3.57. The molecule has 0 bridgehead atoms. The van der Waals surface area contributed by atoms with Crippen LogP contribution in [0.25, 0.3) is 0 Å². The zero-order chi connectivity index (χ0) is 8.48. The molecular formula is C8H14O3. The first kappa shape index (κ1) is 8.53. The van der Waals surface area contributed by atoms with Crippen LogP contribution in [0.4, 0.5) is 0 Å². The van der Waals surface area contributed by atoms with Crippen molar-refractivity contribution in [3.05, 3.63) is 0 Å². The van der Waals surface area contributed by atoms with Crippen LogP contribution < -0.4 is 0 Å². The van der Waals surface area contributed by atoms with Gasteiger partial charge in [0.15, 0.2) is 0 Å². The first-order valence-electron chi connectivity index (χ1n) is 3.95. The minimum Gasteiger partial charge on any atom is -0.481 e. The van der Waals surface area contributed by atoms with Gasteiger partial charge in [-0.05, 0) is 25.2 Å². The number of carboxylic acids is 1. The van der Waals surface area contributed by atoms with Gasteiger partial charge in [0.2, 0.25) is 0 Å². The Hall–Kier alpha value is -0.570. The molecule has 0 radical (unpaired) electrons. The molecule has 0 unspecified atom stereocenters. The van der Waals surface area contributed by atoms with Crippen molar-refractivity contribution in [1.29, 1.82) is 0 Å². The summed E-state index contributed by atoms with van der Waals surface area (Å²) in [7, 11) is 0. The molecule has 11 heavy (non-hydrogen) atoms. The molecule has 0 aromatic rings. The van der Waals surface area contributed by atoms with Gasteiger partial charge in [-0.2, -0.15) is 0 Å². The molecule has 2 N–H and O–H groups in total. The summed E-state index contributed by atoms with van der Waals surface area (Å²) in [6.07, 6.45) is 1.86. The van der Waals surface area contributed by atoms with Crippen LogP contribution in [-0.4, -0.2) is 22.8 Å². The molecule has 0 aliphatic heterocycles. The van der Waals surface area contributed by atoms with Crippen LogP contribution in [0.5, 0.6) is 0 Å². The van der Waals surface area contributed by atoms with E-state index in [0.717, 1.165) is 12.8 Å². The number of carbonyl (C=O) groups is 1. The summed E-state index contributed by atoms with van der Waals surface area (Å²) in [5.41, 5.74) is -0.589. The molecule has 1 aliphatic rings. The Morgan fingerprint density at radius 3 is 2.45 bits per heavy atom. The molecule has 0 spiro atoms. The van der Waals surface area contributed by atoms with Gasteiger partial charge in [0.25, 0.3) is 0 Å². The maximum Gasteiger partial charge on any atom is 0.309 e. The molecule has 0 amide bonds. The molecule has 1 saturated carbocycles. The number of hydrogen-bond acceptors (Lipinski definition) is 2. The molecule has 3 heteroatoms. The van der Waals surface area contributed by atoms with Crippen molar-refractivity contribution < 1.29 is 15.0 Å². The Labute approximate surface area is 66.0 Å². The molecule has 1 aliphatic carbocycles. The van der Waals surface area contributed by atoms with Crippen LogP contribution in [0.1, 0.15) is 26.2 Å². The topological polar surface area (TPSA) is 57.5 Å². The lowest BCUT2D eigenvalue weighted by Crippen LogP contribution is -2.43. The van der Waals surface area contributed by atoms with Gasteiger partial charge in [-0.1, -0.05) is 6.92 Å². The highest BCUT2D eigenvalue weighted by molar-refractivity contribution is 5.75. The Kier molecular flexibility index (Phi) is 2.18. The quantitative estimate of drug-likeness (QED) is 0.640. The fourth-order valence-corrected chi connectivity index (χ4v) is 1.97. The summed E-state index contributed by atoms with van der Waals surface area (Å²) in [5.74, 6) is -0.234. The maximum atomic E-state index is 10.7. The number of aliphatic carboxylic acids is 1. The van der Waals surface area contributed by atoms with Crippen molar-refractivity contribution in [1.82, 2.24) is 0 Å². The summed E-state index contributed by atoms with van der Waals surface area (Å²) >= 11 is 0. The zero-order valence-electron chi connectivity index (χ0n) is 6.71. The van der Waals surface area contributed by atoms with E-state index in [4.69, 9.17) is 10.2 Å². The Morgan fingerprint density at radius 2 is 2.18 bits per heavy atom. The minimum absolute atomic E-state index is 0.0149. The van der Waals surface area contributed by atoms with Crippen molar-refractivity contribution in [2.75, 3.05) is 6.61 Å². The summed E-state index contributed by atoms with van der Waals surface area (Å²) < 4.78 is 0. The lowest BCUT2D eigenvalue weighted by molar-refractivity contribution is -0.159. The molecule has 64 valence electrons. The monoisotopic (exact) mass is 158 g/mol. The van der Waals surface area contributed by atoms with Crippen molar-refractivity contribution in [3.63, 3.8) is 0 Å². The van der Waals surface area contributed by atoms with E-state index in [0.29, 0.717) is 12.3 Å². The number of hydrogen-bond donors (Lipinski definition) is 2. The van der Waals surface area contributed by atoms with Crippen LogP contribution in [0.3, 0.4) is 0 Å². The van der Waals surface area contributed by atoms with Gasteiger partial charge in [-0.3, -0.25) is 4.79 Å². The van der Waals surface area contributed by atoms with E-state index in [-0.39, 0.29) is 6.61 Å². The predicted octanol–water partition coefficient (Wildman–Crippen LogP) is 0.870. The van der Waals surface area contributed by atoms with Crippen molar-refractivity contribution in [2.45, 2.75) is 26.2 Å². The first-order valence-corrected chi connectivity index (χ1v) is 3.95. The Morgan fingerprint density at radius 1 is 1.64 bits per heavy atom. The van der Waals surface area contributed by atoms with Gasteiger partial charge >= 0.3 is 5.97 Å². The highest BCUT2D eigenvalue weighted by Crippen LogP contribution is 2.47. The van der Waals surface area contributed by atoms with Gasteiger partial charge in [-0.25, -0.2) is 0 Å². The molecule has 1 rings (SSSR count). The number of aliphatic hydroxyl groups is 1. The number of carboxylic acid groups (broad SMARTS) is 1. The van der Waals surface area contributed by atoms with Crippen molar-refractivity contribution >= 4 is 5.97 Å². The number of aliphatic hydroxyl groups excluding tert-OH is 1. The first-order chi connectivity index (χ1) is 5.10. The third-order valence-electron chi connectivity index (χ3n) is 2.52. The largest absolute Gasteiger partial charge is 0.481 e. The normalized spacial score (nSPS) is 36.4. The van der Waals surface area contributed by atoms with Gasteiger partial charge in [-0.15, -0.1) is 0 Å². The SMILES string of the molecule is CC1CC(CCO)(C(=O)O)C1. The van der Waals surface area contributed by atoms with E-state index in [1.165, 1.54) is 0 Å². The van der Waals surface area contributed by atoms with Gasteiger partial charge in [0, 0.05) is 6.61 Å². The molecule has 0 saturated heterocycles. The molecule has 0 aromatic carbocycles. The summed E-state index contributed by atoms with van der Waals surface area (Å²) in [6, 6.07) is 0. The minimum atomic E-state index is -0.746. The third kappa shape index (κ3) is 1.38. The Bertz CT molecular complexity index is 153. The average Bonchev–Trinajstić information content (AvgIpc) is 1.84.